The average molecular weight is 512 g/mol. The van der Waals surface area contributed by atoms with Crippen molar-refractivity contribution < 1.29 is 27.4 Å². The van der Waals surface area contributed by atoms with Crippen LogP contribution in [-0.2, 0) is 11.3 Å². The molecule has 190 valence electrons. The Morgan fingerprint density at radius 2 is 1.86 bits per heavy atom. The molecule has 0 radical (unpaired) electrons. The van der Waals surface area contributed by atoms with Gasteiger partial charge >= 0.3 is 6.36 Å². The fourth-order valence-electron chi connectivity index (χ4n) is 3.84. The van der Waals surface area contributed by atoms with Crippen LogP contribution in [0.4, 0.5) is 13.2 Å². The van der Waals surface area contributed by atoms with Gasteiger partial charge in [-0.3, -0.25) is 4.79 Å². The van der Waals surface area contributed by atoms with Gasteiger partial charge in [-0.25, -0.2) is 4.98 Å². The van der Waals surface area contributed by atoms with E-state index in [2.05, 4.69) is 26.9 Å². The van der Waals surface area contributed by atoms with Gasteiger partial charge in [-0.15, -0.1) is 13.2 Å². The predicted molar refractivity (Wildman–Crippen MR) is 126 cm³/mol. The molecule has 1 aromatic heterocycles. The number of benzene rings is 1. The van der Waals surface area contributed by atoms with Gasteiger partial charge in [0.05, 0.1) is 6.54 Å². The molecule has 0 bridgehead atoms. The molecule has 10 heteroatoms. The first kappa shape index (κ1) is 26.9. The maximum Gasteiger partial charge on any atom is 0.573 e. The lowest BCUT2D eigenvalue weighted by Gasteiger charge is -2.22. The summed E-state index contributed by atoms with van der Waals surface area (Å²) in [6.07, 6.45) is 0.891. The number of hydrogen-bond donors (Lipinski definition) is 1. The van der Waals surface area contributed by atoms with E-state index in [9.17, 15) is 18.0 Å². The molecular weight excluding hydrogens is 483 g/mol. The number of nitrogens with one attached hydrogen (secondary N) is 1. The Kier molecular flexibility index (Phi) is 8.73. The Morgan fingerprint density at radius 3 is 2.46 bits per heavy atom. The second-order valence-corrected chi connectivity index (χ2v) is 9.37. The smallest absolute Gasteiger partial charge is 0.406 e. The summed E-state index contributed by atoms with van der Waals surface area (Å²) in [5.41, 5.74) is 0.247. The van der Waals surface area contributed by atoms with Gasteiger partial charge in [0.2, 0.25) is 5.28 Å². The monoisotopic (exact) mass is 511 g/mol. The molecule has 1 aliphatic carbocycles. The minimum atomic E-state index is -4.78. The van der Waals surface area contributed by atoms with Crippen LogP contribution in [0.5, 0.6) is 5.75 Å². The molecule has 0 spiro atoms. The van der Waals surface area contributed by atoms with Crippen LogP contribution in [0.25, 0.3) is 0 Å². The average Bonchev–Trinajstić information content (AvgIpc) is 3.12. The van der Waals surface area contributed by atoms with E-state index in [4.69, 9.17) is 16.3 Å². The van der Waals surface area contributed by atoms with Crippen molar-refractivity contribution in [3.05, 3.63) is 46.5 Å². The number of nitrogens with zero attached hydrogens (tertiary/aromatic N) is 2. The van der Waals surface area contributed by atoms with Crippen LogP contribution in [0.15, 0.2) is 24.3 Å². The molecule has 1 heterocycles. The molecule has 1 aromatic carbocycles. The number of hydrogen-bond acceptors (Lipinski definition) is 4. The molecule has 0 atom stereocenters. The molecule has 0 saturated heterocycles. The maximum absolute atomic E-state index is 13.3. The second-order valence-electron chi connectivity index (χ2n) is 9.03. The normalized spacial score (nSPS) is 14.8. The molecule has 0 aliphatic heterocycles. The molecule has 0 unspecified atom stereocenters. The summed E-state index contributed by atoms with van der Waals surface area (Å²) in [5.74, 6) is 5.59. The lowest BCUT2D eigenvalue weighted by atomic mass is 9.89. The van der Waals surface area contributed by atoms with Crippen molar-refractivity contribution in [1.82, 2.24) is 14.9 Å². The number of carbonyl (C=O) groups excluding carboxylic acids is 1. The fourth-order valence-corrected chi connectivity index (χ4v) is 4.07. The number of ether oxygens (including phenoxy) is 2. The lowest BCUT2D eigenvalue weighted by molar-refractivity contribution is -0.274. The summed E-state index contributed by atoms with van der Waals surface area (Å²) in [6.45, 7) is 4.22. The highest BCUT2D eigenvalue weighted by Crippen LogP contribution is 2.25. The molecule has 2 aromatic rings. The van der Waals surface area contributed by atoms with Gasteiger partial charge in [-0.1, -0.05) is 37.3 Å². The Labute approximate surface area is 208 Å². The van der Waals surface area contributed by atoms with Crippen LogP contribution in [0.3, 0.4) is 0 Å². The van der Waals surface area contributed by atoms with Gasteiger partial charge in [-0.2, -0.15) is 0 Å². The van der Waals surface area contributed by atoms with Crippen molar-refractivity contribution in [2.75, 3.05) is 13.7 Å². The minimum absolute atomic E-state index is 0.0444. The highest BCUT2D eigenvalue weighted by molar-refractivity contribution is 6.29. The predicted octanol–water partition coefficient (Wildman–Crippen LogP) is 5.57. The first-order valence-electron chi connectivity index (χ1n) is 11.4. The van der Waals surface area contributed by atoms with Gasteiger partial charge < -0.3 is 19.4 Å². The van der Waals surface area contributed by atoms with E-state index in [1.165, 1.54) is 42.4 Å². The number of carbonyl (C=O) groups is 1. The summed E-state index contributed by atoms with van der Waals surface area (Å²) >= 11 is 6.39. The first-order valence-corrected chi connectivity index (χ1v) is 11.8. The summed E-state index contributed by atoms with van der Waals surface area (Å²) < 4.78 is 48.1. The fraction of sp³-hybridized carbons (Fsp3) is 0.520. The van der Waals surface area contributed by atoms with E-state index >= 15 is 0 Å². The zero-order chi connectivity index (χ0) is 25.6. The first-order chi connectivity index (χ1) is 16.5. The SMILES string of the molecule is COC(C)(C)C#Cc1nc(Cl)n(Cc2ccc(OC(F)(F)F)cc2)c1C(=O)NCC1CCCCC1. The highest BCUT2D eigenvalue weighted by Gasteiger charge is 2.31. The Morgan fingerprint density at radius 1 is 1.20 bits per heavy atom. The molecule has 6 nitrogen and oxygen atoms in total. The molecule has 1 aliphatic rings. The summed E-state index contributed by atoms with van der Waals surface area (Å²) in [4.78, 5) is 17.6. The van der Waals surface area contributed by atoms with Crippen LogP contribution in [-0.4, -0.2) is 41.1 Å². The molecule has 1 N–H and O–H groups in total. The lowest BCUT2D eigenvalue weighted by Crippen LogP contribution is -2.32. The third-order valence-corrected chi connectivity index (χ3v) is 6.19. The van der Waals surface area contributed by atoms with Crippen molar-refractivity contribution in [2.24, 2.45) is 5.92 Å². The summed E-state index contributed by atoms with van der Waals surface area (Å²) in [5, 5.41) is 3.04. The quantitative estimate of drug-likeness (QED) is 0.494. The van der Waals surface area contributed by atoms with E-state index in [1.54, 1.807) is 13.8 Å². The Balaban J connectivity index is 1.88. The zero-order valence-electron chi connectivity index (χ0n) is 20.0. The van der Waals surface area contributed by atoms with Crippen LogP contribution < -0.4 is 10.1 Å². The van der Waals surface area contributed by atoms with Crippen LogP contribution in [0, 0.1) is 17.8 Å². The van der Waals surface area contributed by atoms with Gasteiger partial charge in [0, 0.05) is 13.7 Å². The molecular formula is C25H29ClF3N3O3. The second kappa shape index (κ2) is 11.4. The molecule has 3 rings (SSSR count). The van der Waals surface area contributed by atoms with E-state index in [0.29, 0.717) is 18.0 Å². The van der Waals surface area contributed by atoms with E-state index in [-0.39, 0.29) is 34.9 Å². The van der Waals surface area contributed by atoms with E-state index in [0.717, 1.165) is 25.7 Å². The van der Waals surface area contributed by atoms with Crippen molar-refractivity contribution in [3.63, 3.8) is 0 Å². The zero-order valence-corrected chi connectivity index (χ0v) is 20.7. The molecule has 35 heavy (non-hydrogen) atoms. The molecule has 1 fully saturated rings. The maximum atomic E-state index is 13.3. The van der Waals surface area contributed by atoms with Gasteiger partial charge in [0.1, 0.15) is 22.7 Å². The largest absolute Gasteiger partial charge is 0.573 e. The number of imidazole rings is 1. The van der Waals surface area contributed by atoms with Crippen molar-refractivity contribution in [2.45, 2.75) is 64.5 Å². The van der Waals surface area contributed by atoms with Crippen molar-refractivity contribution in [3.8, 4) is 17.6 Å². The van der Waals surface area contributed by atoms with Crippen molar-refractivity contribution in [1.29, 1.82) is 0 Å². The Hall–Kier alpha value is -2.70. The molecule has 1 amide bonds. The number of aromatic nitrogens is 2. The topological polar surface area (TPSA) is 65.4 Å². The van der Waals surface area contributed by atoms with Gasteiger partial charge in [-0.05, 0) is 67.8 Å². The van der Waals surface area contributed by atoms with E-state index in [1.807, 2.05) is 0 Å². The van der Waals surface area contributed by atoms with Crippen LogP contribution >= 0.6 is 11.6 Å². The third-order valence-electron chi connectivity index (χ3n) is 5.90. The van der Waals surface area contributed by atoms with Crippen molar-refractivity contribution >= 4 is 17.5 Å². The minimum Gasteiger partial charge on any atom is -0.406 e. The number of halogens is 4. The van der Waals surface area contributed by atoms with Crippen LogP contribution in [0.1, 0.15) is 67.7 Å². The number of alkyl halides is 3. The number of methoxy groups -OCH3 is 1. The number of rotatable bonds is 7. The Bertz CT molecular complexity index is 1080. The van der Waals surface area contributed by atoms with Gasteiger partial charge in [0.25, 0.3) is 5.91 Å². The highest BCUT2D eigenvalue weighted by atomic mass is 35.5. The van der Waals surface area contributed by atoms with Gasteiger partial charge in [0.15, 0.2) is 0 Å². The standard InChI is InChI=1S/C25H29ClF3N3O3/c1-24(2,34-3)14-13-20-21(22(33)30-15-17-7-5-4-6-8-17)32(23(26)31-20)16-18-9-11-19(12-10-18)35-25(27,28)29/h9-12,17H,4-8,15-16H2,1-3H3,(H,30,33). The van der Waals surface area contributed by atoms with Crippen LogP contribution in [0.2, 0.25) is 5.28 Å². The summed E-state index contributed by atoms with van der Waals surface area (Å²) in [7, 11) is 1.53. The van der Waals surface area contributed by atoms with E-state index < -0.39 is 12.0 Å². The summed E-state index contributed by atoms with van der Waals surface area (Å²) in [6, 6.07) is 5.36. The number of amides is 1. The third kappa shape index (κ3) is 7.91. The molecule has 1 saturated carbocycles.